The maximum atomic E-state index is 14.9. The van der Waals surface area contributed by atoms with E-state index in [0.29, 0.717) is 99.7 Å². The standard InChI is InChI=1S/C87H135N17O14/c1-54(2)46-67(99-82(112)69(48-56(5)6)100-81(111)68(47-55(3)4)98-79(109)66(41-25-29-45-91)96-78(108)65(40-24-28-44-90)95-77(107)64(39-23-27-43-89)94-76(106)63(92)38-22-26-42-88)80(110)93-58(9)75(105)97-71(50-59-30-14-10-15-31-59)84(114)101-70(49-57(7)8)83(113)102-72(51-60-32-16-11-17-33-60)85(115)103-73(52-61-34-18-12-19-35-61)86(116)104-74(87(117)118)53-62-36-20-13-21-37-62/h10-21,30-37,54-58,63-74H,22-29,38-53,88-92H2,1-9H3,(H,93,110)(H,94,106)(H,95,107)(H,96,108)(H,97,105)(H,98,109)(H,99,112)(H,100,111)(H,101,114)(H,102,113)(H,103,115)(H,104,116)(H,117,118)/t58-,63-,64-,65-,66-,67-,68-,69-,70-,71-,72-,73-,74-/m0/s1. The van der Waals surface area contributed by atoms with Gasteiger partial charge in [0.05, 0.1) is 6.04 Å². The minimum Gasteiger partial charge on any atom is -0.480 e. The summed E-state index contributed by atoms with van der Waals surface area (Å²) in [4.78, 5) is 187. The zero-order valence-electron chi connectivity index (χ0n) is 70.5. The lowest BCUT2D eigenvalue weighted by atomic mass is 9.98. The lowest BCUT2D eigenvalue weighted by molar-refractivity contribution is -0.142. The number of hydrogen-bond acceptors (Lipinski definition) is 18. The molecule has 4 rings (SSSR count). The fourth-order valence-corrected chi connectivity index (χ4v) is 13.4. The molecule has 0 fully saturated rings. The van der Waals surface area contributed by atoms with Crippen molar-refractivity contribution in [2.45, 2.75) is 269 Å². The van der Waals surface area contributed by atoms with Crippen LogP contribution in [0.4, 0.5) is 0 Å². The number of rotatable bonds is 57. The first-order valence-corrected chi connectivity index (χ1v) is 41.8. The number of carbonyl (C=O) groups is 13. The van der Waals surface area contributed by atoms with Crippen molar-refractivity contribution in [2.24, 2.45) is 52.3 Å². The summed E-state index contributed by atoms with van der Waals surface area (Å²) in [6, 6.07) is 18.7. The number of amides is 12. The van der Waals surface area contributed by atoms with E-state index in [1.54, 1.807) is 121 Å². The van der Waals surface area contributed by atoms with Crippen LogP contribution in [0.25, 0.3) is 0 Å². The zero-order valence-corrected chi connectivity index (χ0v) is 70.5. The normalized spacial score (nSPS) is 14.7. The van der Waals surface area contributed by atoms with E-state index in [1.807, 2.05) is 55.4 Å². The van der Waals surface area contributed by atoms with Crippen LogP contribution in [-0.4, -0.2) is 187 Å². The SMILES string of the molecule is CC(C)C[C@H](NC(=O)[C@H](CC(C)C)NC(=O)[C@H](CC(C)C)NC(=O)[C@H](CCCCN)NC(=O)[C@H](CCCCN)NC(=O)[C@H](CCCCN)NC(=O)[C@@H](N)CCCCN)C(=O)N[C@@H](C)C(=O)N[C@@H](Cc1ccccc1)C(=O)N[C@@H](CC(C)C)C(=O)N[C@@H](Cc1ccccc1)C(=O)N[C@@H](Cc1ccccc1)C(=O)N[C@@H](Cc1ccccc1)C(=O)O. The number of aliphatic carboxylic acids is 1. The smallest absolute Gasteiger partial charge is 0.326 e. The molecule has 652 valence electrons. The van der Waals surface area contributed by atoms with Crippen molar-refractivity contribution in [3.63, 3.8) is 0 Å². The molecular weight excluding hydrogens is 1510 g/mol. The molecule has 31 heteroatoms. The molecule has 0 aliphatic carbocycles. The van der Waals surface area contributed by atoms with Crippen LogP contribution in [-0.2, 0) is 88.0 Å². The quantitative estimate of drug-likeness (QED) is 0.0283. The van der Waals surface area contributed by atoms with E-state index in [-0.39, 0.29) is 101 Å². The molecule has 0 aliphatic heterocycles. The highest BCUT2D eigenvalue weighted by atomic mass is 16.4. The van der Waals surface area contributed by atoms with Gasteiger partial charge in [0, 0.05) is 25.7 Å². The number of carbonyl (C=O) groups excluding carboxylic acids is 12. The number of hydrogen-bond donors (Lipinski definition) is 18. The predicted molar refractivity (Wildman–Crippen MR) is 454 cm³/mol. The molecule has 13 atom stereocenters. The van der Waals surface area contributed by atoms with Crippen molar-refractivity contribution >= 4 is 76.9 Å². The van der Waals surface area contributed by atoms with Crippen LogP contribution >= 0.6 is 0 Å². The van der Waals surface area contributed by atoms with Gasteiger partial charge < -0.3 is 97.6 Å². The summed E-state index contributed by atoms with van der Waals surface area (Å²) in [6.45, 7) is 17.4. The van der Waals surface area contributed by atoms with Gasteiger partial charge in [0.2, 0.25) is 70.9 Å². The Bertz CT molecular complexity index is 3750. The summed E-state index contributed by atoms with van der Waals surface area (Å²) in [5, 5.41) is 43.7. The maximum absolute atomic E-state index is 14.9. The summed E-state index contributed by atoms with van der Waals surface area (Å²) in [6.07, 6.45) is 4.78. The Morgan fingerprint density at radius 3 is 0.720 bits per heavy atom. The van der Waals surface area contributed by atoms with Gasteiger partial charge in [0.15, 0.2) is 0 Å². The molecule has 4 aromatic carbocycles. The van der Waals surface area contributed by atoms with E-state index in [0.717, 1.165) is 0 Å². The Morgan fingerprint density at radius 1 is 0.254 bits per heavy atom. The van der Waals surface area contributed by atoms with Crippen LogP contribution in [0.15, 0.2) is 121 Å². The topological polar surface area (TPSA) is 517 Å². The van der Waals surface area contributed by atoms with Crippen molar-refractivity contribution < 1.29 is 67.4 Å². The largest absolute Gasteiger partial charge is 0.480 e. The van der Waals surface area contributed by atoms with E-state index in [9.17, 15) is 67.4 Å². The minimum atomic E-state index is -1.38. The molecule has 31 nitrogen and oxygen atoms in total. The van der Waals surface area contributed by atoms with Crippen LogP contribution in [0, 0.1) is 23.7 Å². The molecule has 0 bridgehead atoms. The van der Waals surface area contributed by atoms with Gasteiger partial charge in [-0.1, -0.05) is 183 Å². The van der Waals surface area contributed by atoms with E-state index < -0.39 is 155 Å². The third-order valence-corrected chi connectivity index (χ3v) is 19.8. The van der Waals surface area contributed by atoms with Gasteiger partial charge in [-0.05, 0) is 175 Å². The van der Waals surface area contributed by atoms with E-state index in [2.05, 4.69) is 63.8 Å². The molecule has 23 N–H and O–H groups in total. The summed E-state index contributed by atoms with van der Waals surface area (Å²) in [7, 11) is 0. The van der Waals surface area contributed by atoms with E-state index in [4.69, 9.17) is 28.7 Å². The van der Waals surface area contributed by atoms with Gasteiger partial charge in [0.25, 0.3) is 0 Å². The zero-order chi connectivity index (χ0) is 87.2. The minimum absolute atomic E-state index is 0.0450. The molecule has 0 spiro atoms. The molecule has 0 aliphatic rings. The maximum Gasteiger partial charge on any atom is 0.326 e. The molecule has 0 saturated heterocycles. The van der Waals surface area contributed by atoms with Gasteiger partial charge in [-0.15, -0.1) is 0 Å². The number of benzene rings is 4. The molecule has 0 unspecified atom stereocenters. The second-order valence-electron chi connectivity index (χ2n) is 32.3. The first-order chi connectivity index (χ1) is 56.2. The lowest BCUT2D eigenvalue weighted by Crippen LogP contribution is -2.61. The van der Waals surface area contributed by atoms with Crippen molar-refractivity contribution in [1.82, 2.24) is 63.8 Å². The Balaban J connectivity index is 1.58. The van der Waals surface area contributed by atoms with Crippen LogP contribution in [0.2, 0.25) is 0 Å². The third-order valence-electron chi connectivity index (χ3n) is 19.8. The van der Waals surface area contributed by atoms with Crippen LogP contribution < -0.4 is 92.5 Å². The monoisotopic (exact) mass is 1640 g/mol. The molecule has 4 aromatic rings. The van der Waals surface area contributed by atoms with Crippen molar-refractivity contribution in [2.75, 3.05) is 26.2 Å². The summed E-state index contributed by atoms with van der Waals surface area (Å²) in [5.74, 6) is -11.0. The number of carboxylic acid groups (broad SMARTS) is 1. The molecule has 12 amide bonds. The summed E-state index contributed by atoms with van der Waals surface area (Å²) >= 11 is 0. The van der Waals surface area contributed by atoms with Crippen molar-refractivity contribution in [1.29, 1.82) is 0 Å². The van der Waals surface area contributed by atoms with Gasteiger partial charge in [-0.25, -0.2) is 4.79 Å². The van der Waals surface area contributed by atoms with Gasteiger partial charge in [-0.2, -0.15) is 0 Å². The Morgan fingerprint density at radius 2 is 0.458 bits per heavy atom. The molecule has 0 aromatic heterocycles. The first-order valence-electron chi connectivity index (χ1n) is 41.8. The second kappa shape index (κ2) is 54.7. The molecule has 0 heterocycles. The number of nitrogens with one attached hydrogen (secondary N) is 12. The highest BCUT2D eigenvalue weighted by Gasteiger charge is 2.38. The summed E-state index contributed by atoms with van der Waals surface area (Å²) in [5.41, 5.74) is 31.9. The van der Waals surface area contributed by atoms with Gasteiger partial charge in [0.1, 0.15) is 72.5 Å². The third kappa shape index (κ3) is 38.5. The molecule has 0 radical (unpaired) electrons. The lowest BCUT2D eigenvalue weighted by Gasteiger charge is -2.29. The fourth-order valence-electron chi connectivity index (χ4n) is 13.4. The average Bonchev–Trinajstić information content (AvgIpc) is 0.876. The highest BCUT2D eigenvalue weighted by molar-refractivity contribution is 6.00. The fraction of sp³-hybridized carbons (Fsp3) is 0.575. The predicted octanol–water partition coefficient (Wildman–Crippen LogP) is 2.91. The Kier molecular flexibility index (Phi) is 46.4. The molecule has 118 heavy (non-hydrogen) atoms. The number of nitrogens with two attached hydrogens (primary N) is 5. The second-order valence-corrected chi connectivity index (χ2v) is 32.3. The van der Waals surface area contributed by atoms with Crippen molar-refractivity contribution in [3.05, 3.63) is 144 Å². The highest BCUT2D eigenvalue weighted by Crippen LogP contribution is 2.18. The number of carboxylic acids is 1. The molecule has 0 saturated carbocycles. The van der Waals surface area contributed by atoms with Gasteiger partial charge >= 0.3 is 5.97 Å². The summed E-state index contributed by atoms with van der Waals surface area (Å²) < 4.78 is 0. The number of unbranched alkanes of at least 4 members (excludes halogenated alkanes) is 4. The Hall–Kier alpha value is -10.2. The Labute approximate surface area is 696 Å². The van der Waals surface area contributed by atoms with E-state index in [1.165, 1.54) is 6.92 Å². The molecular formula is C87H135N17O14. The van der Waals surface area contributed by atoms with Crippen LogP contribution in [0.5, 0.6) is 0 Å². The average molecular weight is 1640 g/mol. The van der Waals surface area contributed by atoms with Crippen molar-refractivity contribution in [3.8, 4) is 0 Å². The van der Waals surface area contributed by atoms with Crippen LogP contribution in [0.1, 0.15) is 187 Å². The van der Waals surface area contributed by atoms with Gasteiger partial charge in [-0.3, -0.25) is 57.5 Å². The van der Waals surface area contributed by atoms with Crippen LogP contribution in [0.3, 0.4) is 0 Å². The first kappa shape index (κ1) is 100. The van der Waals surface area contributed by atoms with E-state index >= 15 is 0 Å².